The first-order chi connectivity index (χ1) is 12.6. The highest BCUT2D eigenvalue weighted by atomic mass is 16.3. The number of likely N-dealkylation sites (tertiary alicyclic amines) is 1. The van der Waals surface area contributed by atoms with Gasteiger partial charge in [-0.15, -0.1) is 0 Å². The van der Waals surface area contributed by atoms with Crippen LogP contribution in [0.1, 0.15) is 42.5 Å². The fourth-order valence-corrected chi connectivity index (χ4v) is 4.60. The van der Waals surface area contributed by atoms with Crippen LogP contribution >= 0.6 is 0 Å². The molecular formula is C19H28N4O3. The number of aromatic hydroxyl groups is 1. The van der Waals surface area contributed by atoms with Crippen LogP contribution in [0.2, 0.25) is 0 Å². The zero-order chi connectivity index (χ0) is 18.1. The minimum atomic E-state index is -0.454. The number of nitrogens with one attached hydrogen (secondary N) is 1. The standard InChI is InChI=1S/C19H28N4O3/c24-17-10-14(11-18(25)20-17)19(26)23-12-16(13-23)22-8-6-21(7-9-22)15-4-2-1-3-5-15/h10-11,15-16H,1-9,12-13H2,(H2,20,24,25). The number of carbonyl (C=O) groups excluding carboxylic acids is 1. The summed E-state index contributed by atoms with van der Waals surface area (Å²) in [5.74, 6) is -0.444. The molecule has 2 N–H and O–H groups in total. The summed E-state index contributed by atoms with van der Waals surface area (Å²) >= 11 is 0. The van der Waals surface area contributed by atoms with E-state index in [9.17, 15) is 14.7 Å². The summed E-state index contributed by atoms with van der Waals surface area (Å²) in [6.45, 7) is 5.84. The van der Waals surface area contributed by atoms with Crippen LogP contribution in [-0.4, -0.2) is 82.0 Å². The molecule has 3 fully saturated rings. The SMILES string of the molecule is O=C(c1cc(O)[nH]c(=O)c1)N1CC(N2CCN(C3CCCCC3)CC2)C1. The van der Waals surface area contributed by atoms with E-state index < -0.39 is 5.56 Å². The van der Waals surface area contributed by atoms with Gasteiger partial charge in [0, 0.05) is 63.5 Å². The van der Waals surface area contributed by atoms with Gasteiger partial charge in [0.05, 0.1) is 5.56 Å². The minimum absolute atomic E-state index is 0.177. The molecule has 1 saturated carbocycles. The molecule has 0 aromatic carbocycles. The molecule has 2 aliphatic heterocycles. The molecule has 1 aromatic heterocycles. The van der Waals surface area contributed by atoms with Gasteiger partial charge in [0.15, 0.2) is 5.88 Å². The molecule has 4 rings (SSSR count). The van der Waals surface area contributed by atoms with Gasteiger partial charge in [-0.05, 0) is 12.8 Å². The summed E-state index contributed by atoms with van der Waals surface area (Å²) in [7, 11) is 0. The van der Waals surface area contributed by atoms with Gasteiger partial charge < -0.3 is 10.0 Å². The summed E-state index contributed by atoms with van der Waals surface area (Å²) < 4.78 is 0. The summed E-state index contributed by atoms with van der Waals surface area (Å²) in [5, 5.41) is 9.46. The molecule has 3 aliphatic rings. The molecule has 3 heterocycles. The Morgan fingerprint density at radius 1 is 0.962 bits per heavy atom. The van der Waals surface area contributed by atoms with Crippen molar-refractivity contribution in [1.29, 1.82) is 0 Å². The Balaban J connectivity index is 1.26. The molecule has 0 bridgehead atoms. The van der Waals surface area contributed by atoms with E-state index in [2.05, 4.69) is 14.8 Å². The average Bonchev–Trinajstić information content (AvgIpc) is 2.61. The third kappa shape index (κ3) is 3.64. The number of H-pyrrole nitrogens is 1. The van der Waals surface area contributed by atoms with Crippen molar-refractivity contribution in [3.63, 3.8) is 0 Å². The lowest BCUT2D eigenvalue weighted by atomic mass is 9.93. The molecule has 7 heteroatoms. The van der Waals surface area contributed by atoms with Crippen molar-refractivity contribution in [2.24, 2.45) is 0 Å². The van der Waals surface area contributed by atoms with Crippen LogP contribution in [0.5, 0.6) is 5.88 Å². The number of carbonyl (C=O) groups is 1. The summed E-state index contributed by atoms with van der Waals surface area (Å²) in [6.07, 6.45) is 6.86. The molecule has 1 amide bonds. The van der Waals surface area contributed by atoms with Gasteiger partial charge in [0.2, 0.25) is 0 Å². The number of pyridine rings is 1. The summed E-state index contributed by atoms with van der Waals surface area (Å²) in [4.78, 5) is 33.0. The van der Waals surface area contributed by atoms with Gasteiger partial charge in [-0.1, -0.05) is 19.3 Å². The van der Waals surface area contributed by atoms with Crippen molar-refractivity contribution in [3.8, 4) is 5.88 Å². The maximum Gasteiger partial charge on any atom is 0.254 e. The second-order valence-corrected chi connectivity index (χ2v) is 7.85. The molecule has 26 heavy (non-hydrogen) atoms. The van der Waals surface area contributed by atoms with E-state index in [1.54, 1.807) is 4.90 Å². The van der Waals surface area contributed by atoms with Crippen molar-refractivity contribution >= 4 is 5.91 Å². The first-order valence-electron chi connectivity index (χ1n) is 9.81. The number of amides is 1. The first-order valence-corrected chi connectivity index (χ1v) is 9.81. The van der Waals surface area contributed by atoms with E-state index in [0.717, 1.165) is 32.2 Å². The number of nitrogens with zero attached hydrogens (tertiary/aromatic N) is 3. The van der Waals surface area contributed by atoms with Crippen LogP contribution in [-0.2, 0) is 0 Å². The van der Waals surface area contributed by atoms with Crippen molar-refractivity contribution in [2.45, 2.75) is 44.2 Å². The van der Waals surface area contributed by atoms with Gasteiger partial charge in [-0.3, -0.25) is 24.4 Å². The number of aromatic amines is 1. The predicted octanol–water partition coefficient (Wildman–Crippen LogP) is 0.855. The van der Waals surface area contributed by atoms with Crippen LogP contribution in [0.4, 0.5) is 0 Å². The molecule has 7 nitrogen and oxygen atoms in total. The third-order valence-electron chi connectivity index (χ3n) is 6.18. The molecule has 0 atom stereocenters. The monoisotopic (exact) mass is 360 g/mol. The highest BCUT2D eigenvalue weighted by molar-refractivity contribution is 5.95. The highest BCUT2D eigenvalue weighted by Crippen LogP contribution is 2.25. The van der Waals surface area contributed by atoms with Crippen molar-refractivity contribution < 1.29 is 9.90 Å². The Morgan fingerprint density at radius 2 is 1.58 bits per heavy atom. The summed E-state index contributed by atoms with van der Waals surface area (Å²) in [6, 6.07) is 3.77. The van der Waals surface area contributed by atoms with Crippen molar-refractivity contribution in [2.75, 3.05) is 39.3 Å². The smallest absolute Gasteiger partial charge is 0.254 e. The van der Waals surface area contributed by atoms with E-state index in [1.165, 1.54) is 44.2 Å². The normalized spacial score (nSPS) is 23.8. The quantitative estimate of drug-likeness (QED) is 0.836. The largest absolute Gasteiger partial charge is 0.494 e. The van der Waals surface area contributed by atoms with Crippen LogP contribution in [0, 0.1) is 0 Å². The topological polar surface area (TPSA) is 79.9 Å². The molecule has 2 saturated heterocycles. The third-order valence-corrected chi connectivity index (χ3v) is 6.18. The highest BCUT2D eigenvalue weighted by Gasteiger charge is 2.37. The van der Waals surface area contributed by atoms with Gasteiger partial charge >= 0.3 is 0 Å². The lowest BCUT2D eigenvalue weighted by Crippen LogP contribution is -2.64. The molecule has 0 radical (unpaired) electrons. The van der Waals surface area contributed by atoms with Crippen LogP contribution in [0.3, 0.4) is 0 Å². The van der Waals surface area contributed by atoms with E-state index in [4.69, 9.17) is 0 Å². The number of piperazine rings is 1. The van der Waals surface area contributed by atoms with Gasteiger partial charge in [-0.25, -0.2) is 0 Å². The number of hydrogen-bond acceptors (Lipinski definition) is 5. The van der Waals surface area contributed by atoms with E-state index in [1.807, 2.05) is 0 Å². The minimum Gasteiger partial charge on any atom is -0.494 e. The van der Waals surface area contributed by atoms with Gasteiger partial charge in [0.25, 0.3) is 11.5 Å². The summed E-state index contributed by atoms with van der Waals surface area (Å²) in [5.41, 5.74) is -0.198. The molecule has 1 aromatic rings. The first kappa shape index (κ1) is 17.5. The van der Waals surface area contributed by atoms with E-state index in [-0.39, 0.29) is 17.4 Å². The second-order valence-electron chi connectivity index (χ2n) is 7.85. The second kappa shape index (κ2) is 7.40. The number of hydrogen-bond donors (Lipinski definition) is 2. The van der Waals surface area contributed by atoms with Crippen LogP contribution < -0.4 is 5.56 Å². The number of rotatable bonds is 3. The molecule has 0 unspecified atom stereocenters. The Hall–Kier alpha value is -1.86. The fourth-order valence-electron chi connectivity index (χ4n) is 4.60. The van der Waals surface area contributed by atoms with Crippen molar-refractivity contribution in [1.82, 2.24) is 19.7 Å². The maximum atomic E-state index is 12.5. The Bertz CT molecular complexity index is 699. The maximum absolute atomic E-state index is 12.5. The Labute approximate surface area is 153 Å². The van der Waals surface area contributed by atoms with Gasteiger partial charge in [-0.2, -0.15) is 0 Å². The van der Waals surface area contributed by atoms with Crippen molar-refractivity contribution in [3.05, 3.63) is 28.0 Å². The molecule has 0 spiro atoms. The number of aromatic nitrogens is 1. The van der Waals surface area contributed by atoms with E-state index in [0.29, 0.717) is 19.1 Å². The zero-order valence-corrected chi connectivity index (χ0v) is 15.2. The van der Waals surface area contributed by atoms with Crippen LogP contribution in [0.25, 0.3) is 0 Å². The zero-order valence-electron chi connectivity index (χ0n) is 15.2. The van der Waals surface area contributed by atoms with Gasteiger partial charge in [0.1, 0.15) is 0 Å². The Kier molecular flexibility index (Phi) is 5.00. The average molecular weight is 360 g/mol. The molecular weight excluding hydrogens is 332 g/mol. The Morgan fingerprint density at radius 3 is 2.19 bits per heavy atom. The van der Waals surface area contributed by atoms with E-state index >= 15 is 0 Å². The molecule has 142 valence electrons. The lowest BCUT2D eigenvalue weighted by molar-refractivity contribution is -0.00265. The molecule has 1 aliphatic carbocycles. The lowest BCUT2D eigenvalue weighted by Gasteiger charge is -2.49. The predicted molar refractivity (Wildman–Crippen MR) is 98.4 cm³/mol. The van der Waals surface area contributed by atoms with Crippen LogP contribution in [0.15, 0.2) is 16.9 Å². The fraction of sp³-hybridized carbons (Fsp3) is 0.684.